The molecule has 0 amide bonds. The van der Waals surface area contributed by atoms with Crippen molar-refractivity contribution in [2.45, 2.75) is 24.9 Å². The number of carbonyl (C=O) groups is 2. The Morgan fingerprint density at radius 3 is 1.93 bits per heavy atom. The molecule has 4 rings (SSSR count). The Labute approximate surface area is 176 Å². The molecule has 2 N–H and O–H groups in total. The summed E-state index contributed by atoms with van der Waals surface area (Å²) >= 11 is 0. The van der Waals surface area contributed by atoms with Crippen molar-refractivity contribution in [1.82, 2.24) is 0 Å². The predicted octanol–water partition coefficient (Wildman–Crippen LogP) is 3.44. The summed E-state index contributed by atoms with van der Waals surface area (Å²) in [4.78, 5) is 26.6. The second-order valence-corrected chi connectivity index (χ2v) is 7.87. The molecule has 0 spiro atoms. The number of Topliss-reactive ketones (excluding diaryl/α,β-unsaturated/α-hetero) is 1. The standard InChI is InChI=1S/C26H25NO3/c1-17-13-15-20(16-14-17)25(28)22-21(18-9-5-3-6-10-18)24(26(29)30-2)27-23(22)19-11-7-4-8-12-19/h3-16,21-24,27H,1-2H3/p+1/t21-,22-,23+,24-/m1/s1. The monoisotopic (exact) mass is 400 g/mol. The number of aryl methyl sites for hydroxylation is 1. The lowest BCUT2D eigenvalue weighted by Gasteiger charge is -2.21. The molecule has 1 saturated heterocycles. The Morgan fingerprint density at radius 1 is 0.800 bits per heavy atom. The van der Waals surface area contributed by atoms with E-state index in [1.54, 1.807) is 0 Å². The van der Waals surface area contributed by atoms with Crippen LogP contribution in [0.4, 0.5) is 0 Å². The number of ether oxygens (including phenoxy) is 1. The molecule has 0 unspecified atom stereocenters. The van der Waals surface area contributed by atoms with E-state index in [2.05, 4.69) is 0 Å². The van der Waals surface area contributed by atoms with Gasteiger partial charge in [0.05, 0.1) is 18.9 Å². The van der Waals surface area contributed by atoms with Crippen molar-refractivity contribution in [2.75, 3.05) is 7.11 Å². The van der Waals surface area contributed by atoms with Crippen molar-refractivity contribution in [3.8, 4) is 0 Å². The Morgan fingerprint density at radius 2 is 1.37 bits per heavy atom. The van der Waals surface area contributed by atoms with Gasteiger partial charge in [-0.25, -0.2) is 4.79 Å². The molecule has 1 aliphatic heterocycles. The fourth-order valence-corrected chi connectivity index (χ4v) is 4.59. The molecule has 0 aromatic heterocycles. The number of rotatable bonds is 5. The van der Waals surface area contributed by atoms with E-state index in [1.807, 2.05) is 97.2 Å². The van der Waals surface area contributed by atoms with E-state index in [4.69, 9.17) is 4.74 Å². The molecular weight excluding hydrogens is 374 g/mol. The first-order valence-electron chi connectivity index (χ1n) is 10.2. The third kappa shape index (κ3) is 3.79. The van der Waals surface area contributed by atoms with Crippen LogP contribution >= 0.6 is 0 Å². The third-order valence-corrected chi connectivity index (χ3v) is 6.06. The number of esters is 1. The quantitative estimate of drug-likeness (QED) is 0.527. The largest absolute Gasteiger partial charge is 0.465 e. The number of quaternary nitrogens is 1. The SMILES string of the molecule is COC(=O)[C@@H]1[NH2+][C@@H](c2ccccc2)[C@H](C(=O)c2ccc(C)cc2)[C@H]1c1ccccc1. The van der Waals surface area contributed by atoms with Gasteiger partial charge in [0.2, 0.25) is 0 Å². The molecule has 1 aliphatic rings. The van der Waals surface area contributed by atoms with Gasteiger partial charge in [-0.2, -0.15) is 0 Å². The van der Waals surface area contributed by atoms with Crippen LogP contribution in [0.15, 0.2) is 84.9 Å². The minimum absolute atomic E-state index is 0.0559. The minimum atomic E-state index is -0.484. The van der Waals surface area contributed by atoms with Crippen LogP contribution in [0.3, 0.4) is 0 Å². The fraction of sp³-hybridized carbons (Fsp3) is 0.231. The number of hydrogen-bond acceptors (Lipinski definition) is 3. The number of benzene rings is 3. The van der Waals surface area contributed by atoms with Crippen LogP contribution in [0.25, 0.3) is 0 Å². The van der Waals surface area contributed by atoms with E-state index in [9.17, 15) is 9.59 Å². The Hall–Kier alpha value is -3.24. The van der Waals surface area contributed by atoms with Crippen molar-refractivity contribution in [1.29, 1.82) is 0 Å². The summed E-state index contributed by atoms with van der Waals surface area (Å²) in [5, 5.41) is 2.01. The van der Waals surface area contributed by atoms with Gasteiger partial charge in [-0.05, 0) is 12.5 Å². The van der Waals surface area contributed by atoms with Crippen LogP contribution < -0.4 is 5.32 Å². The molecule has 4 nitrogen and oxygen atoms in total. The maximum atomic E-state index is 13.8. The van der Waals surface area contributed by atoms with Crippen LogP contribution in [0, 0.1) is 12.8 Å². The average Bonchev–Trinajstić information content (AvgIpc) is 3.20. The Kier molecular flexibility index (Phi) is 5.77. The number of carbonyl (C=O) groups excluding carboxylic acids is 2. The maximum absolute atomic E-state index is 13.8. The van der Waals surface area contributed by atoms with Crippen LogP contribution in [0.1, 0.15) is 39.0 Å². The summed E-state index contributed by atoms with van der Waals surface area (Å²) in [6, 6.07) is 26.8. The lowest BCUT2D eigenvalue weighted by Crippen LogP contribution is -2.90. The van der Waals surface area contributed by atoms with Crippen molar-refractivity contribution >= 4 is 11.8 Å². The predicted molar refractivity (Wildman–Crippen MR) is 115 cm³/mol. The molecule has 0 aliphatic carbocycles. The summed E-state index contributed by atoms with van der Waals surface area (Å²) in [6.07, 6.45) is 0. The smallest absolute Gasteiger partial charge is 0.365 e. The van der Waals surface area contributed by atoms with E-state index in [0.717, 1.165) is 16.7 Å². The third-order valence-electron chi connectivity index (χ3n) is 6.06. The molecule has 0 radical (unpaired) electrons. The molecule has 0 saturated carbocycles. The van der Waals surface area contributed by atoms with E-state index in [-0.39, 0.29) is 29.6 Å². The molecule has 3 aromatic carbocycles. The van der Waals surface area contributed by atoms with Gasteiger partial charge in [-0.3, -0.25) is 4.79 Å². The Balaban J connectivity index is 1.84. The first-order valence-corrected chi connectivity index (χ1v) is 10.2. The van der Waals surface area contributed by atoms with Gasteiger partial charge >= 0.3 is 5.97 Å². The van der Waals surface area contributed by atoms with Gasteiger partial charge in [0, 0.05) is 11.1 Å². The number of nitrogens with two attached hydrogens (primary N) is 1. The van der Waals surface area contributed by atoms with Crippen molar-refractivity contribution < 1.29 is 19.6 Å². The van der Waals surface area contributed by atoms with Gasteiger partial charge in [0.15, 0.2) is 11.8 Å². The van der Waals surface area contributed by atoms with Crippen LogP contribution in [0.5, 0.6) is 0 Å². The molecule has 4 atom stereocenters. The molecule has 3 aromatic rings. The van der Waals surface area contributed by atoms with Crippen LogP contribution in [0.2, 0.25) is 0 Å². The van der Waals surface area contributed by atoms with Gasteiger partial charge in [-0.1, -0.05) is 90.5 Å². The Bertz CT molecular complexity index is 1020. The summed E-state index contributed by atoms with van der Waals surface area (Å²) in [5.74, 6) is -0.913. The number of methoxy groups -OCH3 is 1. The van der Waals surface area contributed by atoms with Crippen molar-refractivity contribution in [3.63, 3.8) is 0 Å². The lowest BCUT2D eigenvalue weighted by molar-refractivity contribution is -0.700. The highest BCUT2D eigenvalue weighted by molar-refractivity contribution is 5.99. The average molecular weight is 400 g/mol. The molecule has 0 bridgehead atoms. The molecule has 152 valence electrons. The number of hydrogen-bond donors (Lipinski definition) is 1. The molecule has 30 heavy (non-hydrogen) atoms. The summed E-state index contributed by atoms with van der Waals surface area (Å²) in [7, 11) is 1.41. The second-order valence-electron chi connectivity index (χ2n) is 7.87. The van der Waals surface area contributed by atoms with Crippen molar-refractivity contribution in [3.05, 3.63) is 107 Å². The first kappa shape index (κ1) is 20.0. The zero-order valence-electron chi connectivity index (χ0n) is 17.2. The minimum Gasteiger partial charge on any atom is -0.465 e. The topological polar surface area (TPSA) is 60.0 Å². The first-order chi connectivity index (χ1) is 14.6. The summed E-state index contributed by atoms with van der Waals surface area (Å²) < 4.78 is 5.14. The van der Waals surface area contributed by atoms with Gasteiger partial charge in [-0.15, -0.1) is 0 Å². The fourth-order valence-electron chi connectivity index (χ4n) is 4.59. The van der Waals surface area contributed by atoms with E-state index < -0.39 is 6.04 Å². The normalized spacial score (nSPS) is 23.1. The zero-order valence-corrected chi connectivity index (χ0v) is 17.2. The van der Waals surface area contributed by atoms with Gasteiger partial charge in [0.25, 0.3) is 0 Å². The van der Waals surface area contributed by atoms with Crippen LogP contribution in [-0.4, -0.2) is 24.9 Å². The van der Waals surface area contributed by atoms with Crippen molar-refractivity contribution in [2.24, 2.45) is 5.92 Å². The van der Waals surface area contributed by atoms with Gasteiger partial charge < -0.3 is 10.1 Å². The zero-order chi connectivity index (χ0) is 21.1. The molecule has 1 heterocycles. The molecule has 1 fully saturated rings. The van der Waals surface area contributed by atoms with Gasteiger partial charge in [0.1, 0.15) is 6.04 Å². The molecule has 4 heteroatoms. The maximum Gasteiger partial charge on any atom is 0.365 e. The number of ketones is 1. The summed E-state index contributed by atoms with van der Waals surface area (Å²) in [6.45, 7) is 2.00. The van der Waals surface area contributed by atoms with Crippen LogP contribution in [-0.2, 0) is 9.53 Å². The van der Waals surface area contributed by atoms with E-state index >= 15 is 0 Å². The van der Waals surface area contributed by atoms with E-state index in [1.165, 1.54) is 7.11 Å². The second kappa shape index (κ2) is 8.64. The highest BCUT2D eigenvalue weighted by Crippen LogP contribution is 2.41. The lowest BCUT2D eigenvalue weighted by atomic mass is 9.76. The highest BCUT2D eigenvalue weighted by Gasteiger charge is 2.55. The molecular formula is C26H26NO3+. The summed E-state index contributed by atoms with van der Waals surface area (Å²) in [5.41, 5.74) is 3.80. The van der Waals surface area contributed by atoms with E-state index in [0.29, 0.717) is 5.56 Å². The highest BCUT2D eigenvalue weighted by atomic mass is 16.5.